The minimum absolute atomic E-state index is 0.0692. The quantitative estimate of drug-likeness (QED) is 0.815. The number of aryl methyl sites for hydroxylation is 2. The van der Waals surface area contributed by atoms with Gasteiger partial charge in [-0.3, -0.25) is 4.79 Å². The minimum atomic E-state index is -3.22. The largest absolute Gasteiger partial charge is 0.337 e. The standard InChI is InChI=1S/C18H24N4O3S/c1-14-13-15(2)22(19-14)17-7-5-16(6-8-17)18(23)20-9-4-10-21(12-11-20)26(3,24)25/h5-8,13H,4,9-12H2,1-3H3. The van der Waals surface area contributed by atoms with E-state index in [1.165, 1.54) is 10.6 Å². The fourth-order valence-electron chi connectivity index (χ4n) is 3.25. The molecule has 1 amide bonds. The molecule has 1 aromatic carbocycles. The molecule has 2 aromatic rings. The van der Waals surface area contributed by atoms with Gasteiger partial charge in [0.2, 0.25) is 10.0 Å². The summed E-state index contributed by atoms with van der Waals surface area (Å²) < 4.78 is 26.7. The van der Waals surface area contributed by atoms with E-state index in [-0.39, 0.29) is 5.91 Å². The van der Waals surface area contributed by atoms with Crippen molar-refractivity contribution in [2.45, 2.75) is 20.3 Å². The molecule has 3 rings (SSSR count). The Balaban J connectivity index is 1.73. The first-order valence-electron chi connectivity index (χ1n) is 8.64. The van der Waals surface area contributed by atoms with Crippen molar-refractivity contribution in [1.82, 2.24) is 19.0 Å². The molecule has 0 radical (unpaired) electrons. The molecule has 0 aliphatic carbocycles. The molecule has 0 spiro atoms. The lowest BCUT2D eigenvalue weighted by Gasteiger charge is -2.21. The maximum atomic E-state index is 12.8. The lowest BCUT2D eigenvalue weighted by molar-refractivity contribution is 0.0764. The summed E-state index contributed by atoms with van der Waals surface area (Å²) in [7, 11) is -3.22. The Morgan fingerprint density at radius 1 is 1.04 bits per heavy atom. The summed E-state index contributed by atoms with van der Waals surface area (Å²) in [6.07, 6.45) is 1.85. The van der Waals surface area contributed by atoms with Crippen molar-refractivity contribution >= 4 is 15.9 Å². The molecule has 140 valence electrons. The second-order valence-electron chi connectivity index (χ2n) is 6.69. The zero-order chi connectivity index (χ0) is 18.9. The van der Waals surface area contributed by atoms with Crippen molar-refractivity contribution in [3.05, 3.63) is 47.3 Å². The van der Waals surface area contributed by atoms with Gasteiger partial charge in [0.25, 0.3) is 5.91 Å². The minimum Gasteiger partial charge on any atom is -0.337 e. The average molecular weight is 376 g/mol. The third kappa shape index (κ3) is 3.96. The normalized spacial score (nSPS) is 16.5. The third-order valence-electron chi connectivity index (χ3n) is 4.58. The van der Waals surface area contributed by atoms with Crippen LogP contribution in [-0.4, -0.2) is 65.7 Å². The Hall–Kier alpha value is -2.19. The number of aromatic nitrogens is 2. The smallest absolute Gasteiger partial charge is 0.253 e. The van der Waals surface area contributed by atoms with Gasteiger partial charge < -0.3 is 4.90 Å². The summed E-state index contributed by atoms with van der Waals surface area (Å²) >= 11 is 0. The van der Waals surface area contributed by atoms with Gasteiger partial charge in [-0.2, -0.15) is 5.10 Å². The van der Waals surface area contributed by atoms with E-state index in [0.29, 0.717) is 38.2 Å². The van der Waals surface area contributed by atoms with Crippen LogP contribution in [0.25, 0.3) is 5.69 Å². The SMILES string of the molecule is Cc1cc(C)n(-c2ccc(C(=O)N3CCCN(S(C)(=O)=O)CC3)cc2)n1. The van der Waals surface area contributed by atoms with E-state index in [0.717, 1.165) is 17.1 Å². The molecule has 1 fully saturated rings. The number of amides is 1. The maximum absolute atomic E-state index is 12.8. The molecule has 1 saturated heterocycles. The topological polar surface area (TPSA) is 75.5 Å². The summed E-state index contributed by atoms with van der Waals surface area (Å²) in [5, 5.41) is 4.45. The number of sulfonamides is 1. The first kappa shape index (κ1) is 18.6. The highest BCUT2D eigenvalue weighted by molar-refractivity contribution is 7.88. The predicted molar refractivity (Wildman–Crippen MR) is 100.0 cm³/mol. The highest BCUT2D eigenvalue weighted by Gasteiger charge is 2.24. The molecule has 0 atom stereocenters. The molecule has 1 aliphatic heterocycles. The molecule has 7 nitrogen and oxygen atoms in total. The Morgan fingerprint density at radius 3 is 2.31 bits per heavy atom. The van der Waals surface area contributed by atoms with Crippen LogP contribution < -0.4 is 0 Å². The molecule has 0 unspecified atom stereocenters. The van der Waals surface area contributed by atoms with Crippen LogP contribution in [0.15, 0.2) is 30.3 Å². The summed E-state index contributed by atoms with van der Waals surface area (Å²) in [6.45, 7) is 5.70. The number of carbonyl (C=O) groups excluding carboxylic acids is 1. The van der Waals surface area contributed by atoms with Gasteiger partial charge in [-0.25, -0.2) is 17.4 Å². The molecule has 0 saturated carbocycles. The summed E-state index contributed by atoms with van der Waals surface area (Å²) in [6, 6.07) is 9.37. The first-order chi connectivity index (χ1) is 12.3. The maximum Gasteiger partial charge on any atom is 0.253 e. The van der Waals surface area contributed by atoms with Crippen LogP contribution in [0.4, 0.5) is 0 Å². The number of benzene rings is 1. The van der Waals surface area contributed by atoms with Crippen molar-refractivity contribution < 1.29 is 13.2 Å². The Kier molecular flexibility index (Phi) is 5.15. The number of hydrogen-bond donors (Lipinski definition) is 0. The van der Waals surface area contributed by atoms with Crippen LogP contribution >= 0.6 is 0 Å². The van der Waals surface area contributed by atoms with E-state index in [1.54, 1.807) is 17.0 Å². The zero-order valence-electron chi connectivity index (χ0n) is 15.3. The van der Waals surface area contributed by atoms with Gasteiger partial charge in [-0.15, -0.1) is 0 Å². The van der Waals surface area contributed by atoms with Gasteiger partial charge in [0, 0.05) is 37.4 Å². The van der Waals surface area contributed by atoms with Crippen molar-refractivity contribution in [3.8, 4) is 5.69 Å². The zero-order valence-corrected chi connectivity index (χ0v) is 16.2. The fraction of sp³-hybridized carbons (Fsp3) is 0.444. The molecule has 1 aliphatic rings. The average Bonchev–Trinajstić information content (AvgIpc) is 2.79. The number of rotatable bonds is 3. The molecule has 2 heterocycles. The van der Waals surface area contributed by atoms with E-state index in [9.17, 15) is 13.2 Å². The summed E-state index contributed by atoms with van der Waals surface area (Å²) in [4.78, 5) is 14.5. The Morgan fingerprint density at radius 2 is 1.73 bits per heavy atom. The molecule has 0 N–H and O–H groups in total. The van der Waals surface area contributed by atoms with Crippen molar-refractivity contribution in [1.29, 1.82) is 0 Å². The Labute approximate surface area is 154 Å². The Bertz CT molecular complexity index is 903. The monoisotopic (exact) mass is 376 g/mol. The summed E-state index contributed by atoms with van der Waals surface area (Å²) in [5.74, 6) is -0.0692. The van der Waals surface area contributed by atoms with Gasteiger partial charge in [0.15, 0.2) is 0 Å². The molecule has 0 bridgehead atoms. The van der Waals surface area contributed by atoms with Gasteiger partial charge in [-0.1, -0.05) is 0 Å². The molecule has 1 aromatic heterocycles. The van der Waals surface area contributed by atoms with Crippen LogP contribution in [0.5, 0.6) is 0 Å². The lowest BCUT2D eigenvalue weighted by atomic mass is 10.1. The summed E-state index contributed by atoms with van der Waals surface area (Å²) in [5.41, 5.74) is 3.49. The molecular formula is C18H24N4O3S. The van der Waals surface area contributed by atoms with Crippen molar-refractivity contribution in [3.63, 3.8) is 0 Å². The number of hydrogen-bond acceptors (Lipinski definition) is 4. The van der Waals surface area contributed by atoms with Gasteiger partial charge in [-0.05, 0) is 50.6 Å². The number of carbonyl (C=O) groups is 1. The second-order valence-corrected chi connectivity index (χ2v) is 8.68. The second kappa shape index (κ2) is 7.20. The highest BCUT2D eigenvalue weighted by atomic mass is 32.2. The first-order valence-corrected chi connectivity index (χ1v) is 10.5. The van der Waals surface area contributed by atoms with Crippen LogP contribution in [-0.2, 0) is 10.0 Å². The van der Waals surface area contributed by atoms with Gasteiger partial charge in [0.1, 0.15) is 0 Å². The van der Waals surface area contributed by atoms with E-state index >= 15 is 0 Å². The van der Waals surface area contributed by atoms with E-state index in [2.05, 4.69) is 5.10 Å². The molecule has 8 heteroatoms. The molecular weight excluding hydrogens is 352 g/mol. The van der Waals surface area contributed by atoms with E-state index in [1.807, 2.05) is 36.7 Å². The van der Waals surface area contributed by atoms with Crippen LogP contribution in [0, 0.1) is 13.8 Å². The van der Waals surface area contributed by atoms with Crippen LogP contribution in [0.2, 0.25) is 0 Å². The predicted octanol–water partition coefficient (Wildman–Crippen LogP) is 1.60. The highest BCUT2D eigenvalue weighted by Crippen LogP contribution is 2.15. The third-order valence-corrected chi connectivity index (χ3v) is 5.88. The van der Waals surface area contributed by atoms with Crippen LogP contribution in [0.3, 0.4) is 0 Å². The van der Waals surface area contributed by atoms with Crippen molar-refractivity contribution in [2.75, 3.05) is 32.4 Å². The van der Waals surface area contributed by atoms with E-state index in [4.69, 9.17) is 0 Å². The lowest BCUT2D eigenvalue weighted by Crippen LogP contribution is -2.36. The fourth-order valence-corrected chi connectivity index (χ4v) is 4.12. The molecule has 26 heavy (non-hydrogen) atoms. The van der Waals surface area contributed by atoms with Crippen molar-refractivity contribution in [2.24, 2.45) is 0 Å². The number of nitrogens with zero attached hydrogens (tertiary/aromatic N) is 4. The van der Waals surface area contributed by atoms with Gasteiger partial charge in [0.05, 0.1) is 17.6 Å². The van der Waals surface area contributed by atoms with E-state index < -0.39 is 10.0 Å². The van der Waals surface area contributed by atoms with Crippen LogP contribution in [0.1, 0.15) is 28.2 Å². The van der Waals surface area contributed by atoms with Gasteiger partial charge >= 0.3 is 0 Å².